The number of imide groups is 1. The number of hydrogen-bond donors (Lipinski definition) is 0. The van der Waals surface area contributed by atoms with E-state index in [1.165, 1.54) is 4.90 Å². The molecule has 4 aromatic rings. The molecular weight excluding hydrogens is 448 g/mol. The summed E-state index contributed by atoms with van der Waals surface area (Å²) >= 11 is 0. The second-order valence-electron chi connectivity index (χ2n) is 9.19. The lowest BCUT2D eigenvalue weighted by atomic mass is 9.84. The molecule has 2 heterocycles. The molecule has 0 aromatic heterocycles. The summed E-state index contributed by atoms with van der Waals surface area (Å²) < 4.78 is 0. The molecule has 4 aromatic carbocycles. The molecule has 6 rings (SSSR count). The van der Waals surface area contributed by atoms with Gasteiger partial charge in [0.1, 0.15) is 0 Å². The van der Waals surface area contributed by atoms with E-state index >= 15 is 0 Å². The predicted molar refractivity (Wildman–Crippen MR) is 137 cm³/mol. The SMILES string of the molecule is O=C1[C@@H]2[C@H](C(=O)N1c1ccccc1)[C@@H](c1ccccc1)N(C(=O)c1ccccc1)[C@@H]2c1ccccc1. The molecule has 5 heteroatoms. The van der Waals surface area contributed by atoms with E-state index in [9.17, 15) is 14.4 Å². The topological polar surface area (TPSA) is 57.7 Å². The normalized spacial score (nSPS) is 23.1. The zero-order valence-electron chi connectivity index (χ0n) is 19.5. The van der Waals surface area contributed by atoms with Gasteiger partial charge in [-0.3, -0.25) is 14.4 Å². The van der Waals surface area contributed by atoms with Crippen LogP contribution >= 0.6 is 0 Å². The van der Waals surface area contributed by atoms with Crippen LogP contribution in [0.3, 0.4) is 0 Å². The fraction of sp³-hybridized carbons (Fsp3) is 0.129. The largest absolute Gasteiger partial charge is 0.323 e. The maximum atomic E-state index is 14.1. The van der Waals surface area contributed by atoms with Crippen molar-refractivity contribution in [1.29, 1.82) is 0 Å². The Morgan fingerprint density at radius 2 is 0.917 bits per heavy atom. The van der Waals surface area contributed by atoms with Crippen LogP contribution in [0.2, 0.25) is 0 Å². The highest BCUT2D eigenvalue weighted by atomic mass is 16.2. The third kappa shape index (κ3) is 3.43. The van der Waals surface area contributed by atoms with Crippen LogP contribution in [-0.2, 0) is 9.59 Å². The molecule has 36 heavy (non-hydrogen) atoms. The Labute approximate surface area is 209 Å². The van der Waals surface area contributed by atoms with Crippen LogP contribution in [0.25, 0.3) is 0 Å². The van der Waals surface area contributed by atoms with Crippen molar-refractivity contribution < 1.29 is 14.4 Å². The van der Waals surface area contributed by atoms with E-state index in [1.54, 1.807) is 29.2 Å². The number of hydrogen-bond acceptors (Lipinski definition) is 3. The Balaban J connectivity index is 1.56. The molecule has 176 valence electrons. The lowest BCUT2D eigenvalue weighted by Crippen LogP contribution is -2.41. The first-order valence-electron chi connectivity index (χ1n) is 12.1. The number of carbonyl (C=O) groups excluding carboxylic acids is 3. The van der Waals surface area contributed by atoms with Crippen molar-refractivity contribution in [3.63, 3.8) is 0 Å². The van der Waals surface area contributed by atoms with Crippen molar-refractivity contribution in [3.05, 3.63) is 138 Å². The molecule has 0 aliphatic carbocycles. The van der Waals surface area contributed by atoms with Gasteiger partial charge < -0.3 is 4.90 Å². The van der Waals surface area contributed by atoms with Gasteiger partial charge in [-0.2, -0.15) is 0 Å². The Kier molecular flexibility index (Phi) is 5.45. The number of fused-ring (bicyclic) bond motifs is 1. The highest BCUT2D eigenvalue weighted by Crippen LogP contribution is 2.56. The summed E-state index contributed by atoms with van der Waals surface area (Å²) in [6.45, 7) is 0. The maximum absolute atomic E-state index is 14.1. The summed E-state index contributed by atoms with van der Waals surface area (Å²) in [5.41, 5.74) is 2.76. The Hall–Kier alpha value is -4.51. The molecule has 4 atom stereocenters. The van der Waals surface area contributed by atoms with Gasteiger partial charge in [-0.1, -0.05) is 97.1 Å². The predicted octanol–water partition coefficient (Wildman–Crippen LogP) is 5.43. The van der Waals surface area contributed by atoms with Crippen molar-refractivity contribution in [3.8, 4) is 0 Å². The van der Waals surface area contributed by atoms with Gasteiger partial charge in [-0.25, -0.2) is 4.90 Å². The van der Waals surface area contributed by atoms with Crippen LogP contribution in [0.1, 0.15) is 33.6 Å². The van der Waals surface area contributed by atoms with Gasteiger partial charge in [0, 0.05) is 5.56 Å². The third-order valence-corrected chi connectivity index (χ3v) is 7.23. The first-order valence-corrected chi connectivity index (χ1v) is 12.1. The standard InChI is InChI=1S/C31H24N2O3/c34-29(23-17-9-3-10-18-23)33-27(21-13-5-1-6-14-21)25-26(28(33)22-15-7-2-8-16-22)31(36)32(30(25)35)24-19-11-4-12-20-24/h1-20,25-28H/t25-,26+,27-,28-/m1/s1. The highest BCUT2D eigenvalue weighted by Gasteiger charge is 2.64. The number of likely N-dealkylation sites (tertiary alicyclic amines) is 1. The number of benzene rings is 4. The molecule has 3 amide bonds. The van der Waals surface area contributed by atoms with Crippen LogP contribution in [0.4, 0.5) is 5.69 Å². The minimum Gasteiger partial charge on any atom is -0.323 e. The summed E-state index contributed by atoms with van der Waals surface area (Å²) in [7, 11) is 0. The zero-order valence-corrected chi connectivity index (χ0v) is 19.5. The average molecular weight is 473 g/mol. The van der Waals surface area contributed by atoms with Gasteiger partial charge in [0.05, 0.1) is 29.6 Å². The van der Waals surface area contributed by atoms with Crippen molar-refractivity contribution in [2.24, 2.45) is 11.8 Å². The van der Waals surface area contributed by atoms with E-state index in [4.69, 9.17) is 0 Å². The van der Waals surface area contributed by atoms with Crippen LogP contribution in [0.15, 0.2) is 121 Å². The summed E-state index contributed by atoms with van der Waals surface area (Å²) in [5, 5.41) is 0. The van der Waals surface area contributed by atoms with Gasteiger partial charge in [-0.15, -0.1) is 0 Å². The summed E-state index contributed by atoms with van der Waals surface area (Å²) in [4.78, 5) is 45.2. The molecule has 5 nitrogen and oxygen atoms in total. The second-order valence-corrected chi connectivity index (χ2v) is 9.19. The van der Waals surface area contributed by atoms with Crippen molar-refractivity contribution >= 4 is 23.4 Å². The van der Waals surface area contributed by atoms with Crippen molar-refractivity contribution in [2.75, 3.05) is 4.90 Å². The van der Waals surface area contributed by atoms with Crippen LogP contribution in [-0.4, -0.2) is 22.6 Å². The minimum atomic E-state index is -0.696. The van der Waals surface area contributed by atoms with E-state index in [0.29, 0.717) is 11.3 Å². The first-order chi connectivity index (χ1) is 17.7. The lowest BCUT2D eigenvalue weighted by Gasteiger charge is -2.34. The quantitative estimate of drug-likeness (QED) is 0.372. The van der Waals surface area contributed by atoms with Gasteiger partial charge >= 0.3 is 0 Å². The molecule has 2 saturated heterocycles. The van der Waals surface area contributed by atoms with E-state index in [2.05, 4.69) is 0 Å². The molecule has 0 radical (unpaired) electrons. The molecule has 0 N–H and O–H groups in total. The molecule has 0 unspecified atom stereocenters. The van der Waals surface area contributed by atoms with Gasteiger partial charge in [-0.05, 0) is 35.4 Å². The number of amides is 3. The van der Waals surface area contributed by atoms with Crippen LogP contribution in [0, 0.1) is 11.8 Å². The minimum absolute atomic E-state index is 0.195. The summed E-state index contributed by atoms with van der Waals surface area (Å²) in [6, 6.07) is 36.1. The molecule has 0 spiro atoms. The monoisotopic (exact) mass is 472 g/mol. The number of anilines is 1. The fourth-order valence-corrected chi connectivity index (χ4v) is 5.75. The van der Waals surface area contributed by atoms with Gasteiger partial charge in [0.15, 0.2) is 0 Å². The Morgan fingerprint density at radius 3 is 1.36 bits per heavy atom. The van der Waals surface area contributed by atoms with E-state index in [1.807, 2.05) is 97.1 Å². The summed E-state index contributed by atoms with van der Waals surface area (Å²) in [5.74, 6) is -2.13. The number of nitrogens with zero attached hydrogens (tertiary/aromatic N) is 2. The Morgan fingerprint density at radius 1 is 0.528 bits per heavy atom. The maximum Gasteiger partial charge on any atom is 0.254 e. The molecule has 2 aliphatic heterocycles. The highest BCUT2D eigenvalue weighted by molar-refractivity contribution is 6.23. The fourth-order valence-electron chi connectivity index (χ4n) is 5.75. The average Bonchev–Trinajstić information content (AvgIpc) is 3.42. The smallest absolute Gasteiger partial charge is 0.254 e. The van der Waals surface area contributed by atoms with Crippen LogP contribution in [0.5, 0.6) is 0 Å². The second kappa shape index (κ2) is 8.93. The lowest BCUT2D eigenvalue weighted by molar-refractivity contribution is -0.123. The Bertz CT molecular complexity index is 1340. The van der Waals surface area contributed by atoms with Crippen LogP contribution < -0.4 is 4.90 Å². The van der Waals surface area contributed by atoms with Crippen molar-refractivity contribution in [1.82, 2.24) is 4.90 Å². The number of carbonyl (C=O) groups is 3. The molecular formula is C31H24N2O3. The van der Waals surface area contributed by atoms with E-state index < -0.39 is 23.9 Å². The number of rotatable bonds is 4. The van der Waals surface area contributed by atoms with Gasteiger partial charge in [0.2, 0.25) is 11.8 Å². The van der Waals surface area contributed by atoms with E-state index in [0.717, 1.165) is 11.1 Å². The molecule has 2 fully saturated rings. The first kappa shape index (κ1) is 22.0. The zero-order chi connectivity index (χ0) is 24.6. The third-order valence-electron chi connectivity index (χ3n) is 7.23. The van der Waals surface area contributed by atoms with E-state index in [-0.39, 0.29) is 17.7 Å². The molecule has 0 saturated carbocycles. The number of para-hydroxylation sites is 1. The molecule has 0 bridgehead atoms. The molecule has 2 aliphatic rings. The van der Waals surface area contributed by atoms with Crippen molar-refractivity contribution in [2.45, 2.75) is 12.1 Å². The van der Waals surface area contributed by atoms with Gasteiger partial charge in [0.25, 0.3) is 5.91 Å². The summed E-state index contributed by atoms with van der Waals surface area (Å²) in [6.07, 6.45) is 0.